The fourth-order valence-corrected chi connectivity index (χ4v) is 3.32. The molecule has 0 spiro atoms. The molecule has 0 aromatic heterocycles. The van der Waals surface area contributed by atoms with E-state index in [9.17, 15) is 8.76 Å². The number of hydrogen-bond donors (Lipinski definition) is 1. The smallest absolute Gasteiger partial charge is 0.0130 e. The SMILES string of the molecule is CC1CCC(C(C)CS(=O)[O-])CC1S. The van der Waals surface area contributed by atoms with E-state index in [0.717, 1.165) is 12.8 Å². The van der Waals surface area contributed by atoms with E-state index in [-0.39, 0.29) is 5.92 Å². The number of thiol groups is 1. The van der Waals surface area contributed by atoms with Crippen molar-refractivity contribution in [3.8, 4) is 0 Å². The summed E-state index contributed by atoms with van der Waals surface area (Å²) < 4.78 is 21.2. The van der Waals surface area contributed by atoms with Crippen LogP contribution in [0.25, 0.3) is 0 Å². The molecule has 0 saturated heterocycles. The summed E-state index contributed by atoms with van der Waals surface area (Å²) >= 11 is 2.65. The fourth-order valence-electron chi connectivity index (χ4n) is 2.20. The summed E-state index contributed by atoms with van der Waals surface area (Å²) in [5, 5.41) is 0.455. The van der Waals surface area contributed by atoms with E-state index < -0.39 is 11.1 Å². The van der Waals surface area contributed by atoms with Gasteiger partial charge >= 0.3 is 0 Å². The maximum absolute atomic E-state index is 10.6. The van der Waals surface area contributed by atoms with Crippen molar-refractivity contribution in [3.05, 3.63) is 0 Å². The minimum absolute atomic E-state index is 0.287. The van der Waals surface area contributed by atoms with Gasteiger partial charge in [0, 0.05) is 11.0 Å². The largest absolute Gasteiger partial charge is 0.772 e. The van der Waals surface area contributed by atoms with Crippen molar-refractivity contribution in [2.45, 2.75) is 38.4 Å². The third-order valence-corrected chi connectivity index (χ3v) is 4.92. The van der Waals surface area contributed by atoms with Gasteiger partial charge in [0.25, 0.3) is 0 Å². The summed E-state index contributed by atoms with van der Waals surface area (Å²) in [6.07, 6.45) is 3.42. The highest BCUT2D eigenvalue weighted by atomic mass is 32.2. The lowest BCUT2D eigenvalue weighted by molar-refractivity contribution is 0.243. The van der Waals surface area contributed by atoms with Crippen LogP contribution in [0.15, 0.2) is 0 Å². The van der Waals surface area contributed by atoms with E-state index in [4.69, 9.17) is 0 Å². The lowest BCUT2D eigenvalue weighted by atomic mass is 9.77. The van der Waals surface area contributed by atoms with Crippen LogP contribution >= 0.6 is 12.6 Å². The van der Waals surface area contributed by atoms with Crippen molar-refractivity contribution < 1.29 is 8.76 Å². The second-order valence-corrected chi connectivity index (χ2v) is 6.17. The zero-order valence-electron chi connectivity index (χ0n) is 8.81. The van der Waals surface area contributed by atoms with Gasteiger partial charge in [0.2, 0.25) is 0 Å². The third-order valence-electron chi connectivity index (χ3n) is 3.40. The first-order chi connectivity index (χ1) is 6.50. The molecule has 1 aliphatic carbocycles. The zero-order valence-corrected chi connectivity index (χ0v) is 10.5. The van der Waals surface area contributed by atoms with Gasteiger partial charge in [0.05, 0.1) is 0 Å². The summed E-state index contributed by atoms with van der Waals surface area (Å²) in [5.74, 6) is 1.82. The molecular formula is C10H19O2S2-. The van der Waals surface area contributed by atoms with Crippen LogP contribution in [0.3, 0.4) is 0 Å². The first-order valence-corrected chi connectivity index (χ1v) is 7.00. The third kappa shape index (κ3) is 3.55. The van der Waals surface area contributed by atoms with Crippen LogP contribution < -0.4 is 0 Å². The van der Waals surface area contributed by atoms with Crippen molar-refractivity contribution in [3.63, 3.8) is 0 Å². The minimum atomic E-state index is -1.89. The fraction of sp³-hybridized carbons (Fsp3) is 1.00. The first kappa shape index (κ1) is 12.5. The summed E-state index contributed by atoms with van der Waals surface area (Å²) in [6, 6.07) is 0. The molecule has 0 radical (unpaired) electrons. The molecule has 0 aromatic carbocycles. The molecule has 5 atom stereocenters. The van der Waals surface area contributed by atoms with Gasteiger partial charge in [0.15, 0.2) is 0 Å². The first-order valence-electron chi connectivity index (χ1n) is 5.24. The van der Waals surface area contributed by atoms with Gasteiger partial charge in [0.1, 0.15) is 0 Å². The van der Waals surface area contributed by atoms with E-state index >= 15 is 0 Å². The topological polar surface area (TPSA) is 40.1 Å². The van der Waals surface area contributed by atoms with E-state index in [1.165, 1.54) is 6.42 Å². The second-order valence-electron chi connectivity index (χ2n) is 4.57. The molecule has 1 aliphatic rings. The summed E-state index contributed by atoms with van der Waals surface area (Å²) in [4.78, 5) is 0. The molecule has 0 aromatic rings. The van der Waals surface area contributed by atoms with Crippen LogP contribution in [0.5, 0.6) is 0 Å². The minimum Gasteiger partial charge on any atom is -0.772 e. The molecule has 5 unspecified atom stereocenters. The maximum Gasteiger partial charge on any atom is 0.0130 e. The molecule has 14 heavy (non-hydrogen) atoms. The Morgan fingerprint density at radius 2 is 2.21 bits per heavy atom. The molecule has 0 amide bonds. The Kier molecular flexibility index (Phi) is 4.94. The molecule has 0 aliphatic heterocycles. The van der Waals surface area contributed by atoms with Crippen LogP contribution in [0.1, 0.15) is 33.1 Å². The van der Waals surface area contributed by atoms with Crippen LogP contribution in [0.2, 0.25) is 0 Å². The predicted octanol–water partition coefficient (Wildman–Crippen LogP) is 2.24. The summed E-state index contributed by atoms with van der Waals surface area (Å²) in [5.41, 5.74) is 0. The van der Waals surface area contributed by atoms with Crippen LogP contribution in [-0.4, -0.2) is 19.8 Å². The lowest BCUT2D eigenvalue weighted by Crippen LogP contribution is -2.29. The molecular weight excluding hydrogens is 216 g/mol. The molecule has 1 saturated carbocycles. The molecule has 1 fully saturated rings. The van der Waals surface area contributed by atoms with E-state index in [2.05, 4.69) is 19.6 Å². The quantitative estimate of drug-likeness (QED) is 0.602. The Balaban J connectivity index is 2.41. The molecule has 0 heterocycles. The maximum atomic E-state index is 10.6. The summed E-state index contributed by atoms with van der Waals surface area (Å²) in [6.45, 7) is 4.27. The molecule has 84 valence electrons. The molecule has 0 N–H and O–H groups in total. The zero-order chi connectivity index (χ0) is 10.7. The van der Waals surface area contributed by atoms with Crippen molar-refractivity contribution >= 4 is 23.7 Å². The van der Waals surface area contributed by atoms with Gasteiger partial charge < -0.3 is 4.55 Å². The van der Waals surface area contributed by atoms with Gasteiger partial charge in [-0.25, -0.2) is 0 Å². The van der Waals surface area contributed by atoms with Gasteiger partial charge in [-0.05, 0) is 37.0 Å². The van der Waals surface area contributed by atoms with Gasteiger partial charge in [-0.3, -0.25) is 4.21 Å². The Hall–Kier alpha value is 0.460. The second kappa shape index (κ2) is 5.52. The Morgan fingerprint density at radius 1 is 1.57 bits per heavy atom. The molecule has 2 nitrogen and oxygen atoms in total. The lowest BCUT2D eigenvalue weighted by Gasteiger charge is -2.35. The van der Waals surface area contributed by atoms with Gasteiger partial charge in [-0.2, -0.15) is 12.6 Å². The van der Waals surface area contributed by atoms with Crippen LogP contribution in [0.4, 0.5) is 0 Å². The Labute approximate surface area is 94.6 Å². The Morgan fingerprint density at radius 3 is 2.71 bits per heavy atom. The highest BCUT2D eigenvalue weighted by molar-refractivity contribution is 7.81. The average Bonchev–Trinajstić information content (AvgIpc) is 2.08. The van der Waals surface area contributed by atoms with Crippen LogP contribution in [-0.2, 0) is 11.1 Å². The van der Waals surface area contributed by atoms with E-state index in [1.54, 1.807) is 0 Å². The van der Waals surface area contributed by atoms with Crippen molar-refractivity contribution in [1.29, 1.82) is 0 Å². The van der Waals surface area contributed by atoms with Crippen molar-refractivity contribution in [1.82, 2.24) is 0 Å². The predicted molar refractivity (Wildman–Crippen MR) is 62.2 cm³/mol. The standard InChI is InChI=1S/C10H20O2S2/c1-7-3-4-9(5-10(7)13)8(2)6-14(11)12/h7-10,13H,3-6H2,1-2H3,(H,11,12)/p-1. The van der Waals surface area contributed by atoms with Crippen LogP contribution in [0, 0.1) is 17.8 Å². The molecule has 0 bridgehead atoms. The van der Waals surface area contributed by atoms with E-state index in [0.29, 0.717) is 22.8 Å². The van der Waals surface area contributed by atoms with Gasteiger partial charge in [-0.1, -0.05) is 24.9 Å². The normalized spacial score (nSPS) is 37.9. The van der Waals surface area contributed by atoms with E-state index in [1.807, 2.05) is 6.92 Å². The average molecular weight is 235 g/mol. The van der Waals surface area contributed by atoms with Crippen molar-refractivity contribution in [2.75, 3.05) is 5.75 Å². The number of hydrogen-bond acceptors (Lipinski definition) is 3. The number of rotatable bonds is 3. The molecule has 4 heteroatoms. The Bertz CT molecular complexity index is 208. The molecule has 1 rings (SSSR count). The highest BCUT2D eigenvalue weighted by Gasteiger charge is 2.28. The van der Waals surface area contributed by atoms with Crippen molar-refractivity contribution in [2.24, 2.45) is 17.8 Å². The monoisotopic (exact) mass is 235 g/mol. The summed E-state index contributed by atoms with van der Waals surface area (Å²) in [7, 11) is 0. The highest BCUT2D eigenvalue weighted by Crippen LogP contribution is 2.36. The van der Waals surface area contributed by atoms with Gasteiger partial charge in [-0.15, -0.1) is 0 Å².